The maximum absolute atomic E-state index is 15.2. The second-order valence-corrected chi connectivity index (χ2v) is 8.43. The lowest BCUT2D eigenvalue weighted by Gasteiger charge is -2.11. The van der Waals surface area contributed by atoms with Crippen LogP contribution in [0.5, 0.6) is 11.5 Å². The molecule has 0 spiro atoms. The molecule has 0 saturated heterocycles. The molecule has 4 rings (SSSR count). The molecule has 2 aromatic carbocycles. The van der Waals surface area contributed by atoms with Gasteiger partial charge in [-0.2, -0.15) is 0 Å². The van der Waals surface area contributed by atoms with Crippen molar-refractivity contribution in [2.75, 3.05) is 7.11 Å². The molecule has 0 bridgehead atoms. The van der Waals surface area contributed by atoms with Gasteiger partial charge in [0.05, 0.1) is 19.2 Å². The molecule has 0 amide bonds. The number of hydrogen-bond donors (Lipinski definition) is 0. The first kappa shape index (κ1) is 23.4. The number of aromatic nitrogens is 3. The van der Waals surface area contributed by atoms with Crippen LogP contribution >= 0.6 is 11.3 Å². The molecule has 0 radical (unpaired) electrons. The van der Waals surface area contributed by atoms with Crippen LogP contribution < -0.4 is 20.7 Å². The lowest BCUT2D eigenvalue weighted by Crippen LogP contribution is -2.38. The SMILES string of the molecule is CCn1c(=O)ccn(Cc2cnc(-c3ccc(F)c(OCc4ccc(OC)cc4)c3F)s2)c1=O. The number of hydrogen-bond acceptors (Lipinski definition) is 6. The predicted molar refractivity (Wildman–Crippen MR) is 125 cm³/mol. The molecule has 0 saturated carbocycles. The van der Waals surface area contributed by atoms with E-state index in [0.29, 0.717) is 15.6 Å². The third kappa shape index (κ3) is 4.76. The number of thiazole rings is 1. The van der Waals surface area contributed by atoms with Gasteiger partial charge in [-0.3, -0.25) is 13.9 Å². The van der Waals surface area contributed by atoms with Crippen molar-refractivity contribution in [3.05, 3.63) is 97.8 Å². The van der Waals surface area contributed by atoms with Crippen LogP contribution in [0.15, 0.2) is 64.4 Å². The third-order valence-electron chi connectivity index (χ3n) is 5.16. The van der Waals surface area contributed by atoms with Gasteiger partial charge in [0.15, 0.2) is 17.4 Å². The third-order valence-corrected chi connectivity index (χ3v) is 6.17. The molecule has 0 N–H and O–H groups in total. The average Bonchev–Trinajstić information content (AvgIpc) is 3.30. The summed E-state index contributed by atoms with van der Waals surface area (Å²) < 4.78 is 42.6. The van der Waals surface area contributed by atoms with Crippen LogP contribution in [0.3, 0.4) is 0 Å². The Kier molecular flexibility index (Phi) is 6.87. The first-order valence-corrected chi connectivity index (χ1v) is 11.2. The smallest absolute Gasteiger partial charge is 0.331 e. The Bertz CT molecular complexity index is 1430. The lowest BCUT2D eigenvalue weighted by atomic mass is 10.2. The molecule has 0 aliphatic heterocycles. The van der Waals surface area contributed by atoms with E-state index < -0.39 is 23.1 Å². The molecular formula is C24H21F2N3O4S. The van der Waals surface area contributed by atoms with Gasteiger partial charge in [0.2, 0.25) is 0 Å². The Hall–Kier alpha value is -3.79. The summed E-state index contributed by atoms with van der Waals surface area (Å²) in [4.78, 5) is 29.1. The van der Waals surface area contributed by atoms with Gasteiger partial charge >= 0.3 is 5.69 Å². The Morgan fingerprint density at radius 3 is 2.53 bits per heavy atom. The summed E-state index contributed by atoms with van der Waals surface area (Å²) in [6, 6.07) is 10.7. The minimum atomic E-state index is -0.855. The zero-order chi connectivity index (χ0) is 24.2. The minimum absolute atomic E-state index is 0.0273. The molecule has 0 atom stereocenters. The number of benzene rings is 2. The number of ether oxygens (including phenoxy) is 2. The highest BCUT2D eigenvalue weighted by Gasteiger charge is 2.19. The van der Waals surface area contributed by atoms with Gasteiger partial charge in [0.25, 0.3) is 5.56 Å². The van der Waals surface area contributed by atoms with Crippen LogP contribution in [0, 0.1) is 11.6 Å². The van der Waals surface area contributed by atoms with Crippen LogP contribution in [0.4, 0.5) is 8.78 Å². The van der Waals surface area contributed by atoms with Crippen molar-refractivity contribution in [2.24, 2.45) is 0 Å². The fraction of sp³-hybridized carbons (Fsp3) is 0.208. The van der Waals surface area contributed by atoms with Crippen molar-refractivity contribution >= 4 is 11.3 Å². The van der Waals surface area contributed by atoms with E-state index in [4.69, 9.17) is 9.47 Å². The fourth-order valence-corrected chi connectivity index (χ4v) is 4.28. The van der Waals surface area contributed by atoms with Crippen LogP contribution in [-0.4, -0.2) is 21.2 Å². The number of methoxy groups -OCH3 is 1. The number of nitrogens with zero attached hydrogens (tertiary/aromatic N) is 3. The molecule has 0 aliphatic rings. The van der Waals surface area contributed by atoms with Crippen molar-refractivity contribution in [1.29, 1.82) is 0 Å². The summed E-state index contributed by atoms with van der Waals surface area (Å²) >= 11 is 1.16. The topological polar surface area (TPSA) is 75.3 Å². The van der Waals surface area contributed by atoms with Crippen LogP contribution in [0.2, 0.25) is 0 Å². The number of halogens is 2. The van der Waals surface area contributed by atoms with Crippen molar-refractivity contribution in [2.45, 2.75) is 26.6 Å². The summed E-state index contributed by atoms with van der Waals surface area (Å²) in [5, 5.41) is 0.318. The van der Waals surface area contributed by atoms with Crippen molar-refractivity contribution in [1.82, 2.24) is 14.1 Å². The first-order valence-electron chi connectivity index (χ1n) is 10.4. The van der Waals surface area contributed by atoms with Crippen LogP contribution in [-0.2, 0) is 19.7 Å². The van der Waals surface area contributed by atoms with E-state index in [9.17, 15) is 14.0 Å². The summed E-state index contributed by atoms with van der Waals surface area (Å²) in [7, 11) is 1.55. The minimum Gasteiger partial charge on any atom is -0.497 e. The number of rotatable bonds is 8. The van der Waals surface area contributed by atoms with E-state index in [1.807, 2.05) is 0 Å². The molecule has 10 heteroatoms. The molecule has 7 nitrogen and oxygen atoms in total. The molecule has 0 fully saturated rings. The second-order valence-electron chi connectivity index (χ2n) is 7.32. The maximum atomic E-state index is 15.2. The van der Waals surface area contributed by atoms with E-state index in [2.05, 4.69) is 4.98 Å². The van der Waals surface area contributed by atoms with E-state index in [0.717, 1.165) is 27.5 Å². The highest BCUT2D eigenvalue weighted by molar-refractivity contribution is 7.15. The van der Waals surface area contributed by atoms with Gasteiger partial charge in [-0.1, -0.05) is 12.1 Å². The highest BCUT2D eigenvalue weighted by Crippen LogP contribution is 2.34. The zero-order valence-electron chi connectivity index (χ0n) is 18.5. The van der Waals surface area contributed by atoms with Gasteiger partial charge in [-0.05, 0) is 36.8 Å². The van der Waals surface area contributed by atoms with Crippen molar-refractivity contribution in [3.63, 3.8) is 0 Å². The summed E-state index contributed by atoms with van der Waals surface area (Å²) in [6.45, 7) is 2.11. The lowest BCUT2D eigenvalue weighted by molar-refractivity contribution is 0.274. The largest absolute Gasteiger partial charge is 0.497 e. The zero-order valence-corrected chi connectivity index (χ0v) is 19.3. The van der Waals surface area contributed by atoms with E-state index in [-0.39, 0.29) is 30.8 Å². The normalized spacial score (nSPS) is 10.9. The monoisotopic (exact) mass is 485 g/mol. The van der Waals surface area contributed by atoms with E-state index in [1.54, 1.807) is 38.3 Å². The Morgan fingerprint density at radius 1 is 1.06 bits per heavy atom. The maximum Gasteiger partial charge on any atom is 0.331 e. The molecule has 0 unspecified atom stereocenters. The summed E-state index contributed by atoms with van der Waals surface area (Å²) in [6.07, 6.45) is 2.94. The van der Waals surface area contributed by atoms with E-state index in [1.165, 1.54) is 29.1 Å². The van der Waals surface area contributed by atoms with Crippen molar-refractivity contribution in [3.8, 4) is 22.1 Å². The Morgan fingerprint density at radius 2 is 1.82 bits per heavy atom. The van der Waals surface area contributed by atoms with Crippen LogP contribution in [0.25, 0.3) is 10.6 Å². The first-order chi connectivity index (χ1) is 16.4. The summed E-state index contributed by atoms with van der Waals surface area (Å²) in [5.41, 5.74) is 0.00470. The van der Waals surface area contributed by atoms with Gasteiger partial charge in [-0.25, -0.2) is 18.6 Å². The van der Waals surface area contributed by atoms with E-state index >= 15 is 4.39 Å². The standard InChI is InChI=1S/C24H21F2N3O4S/c1-3-29-20(30)10-11-28(24(29)31)13-17-12-27-23(34-17)18-8-9-19(25)22(21(18)26)33-14-15-4-6-16(32-2)7-5-15/h4-12H,3,13-14H2,1-2H3. The van der Waals surface area contributed by atoms with Gasteiger partial charge in [0.1, 0.15) is 17.4 Å². The van der Waals surface area contributed by atoms with Crippen LogP contribution in [0.1, 0.15) is 17.4 Å². The highest BCUT2D eigenvalue weighted by atomic mass is 32.1. The second kappa shape index (κ2) is 10.0. The van der Waals surface area contributed by atoms with Gasteiger partial charge < -0.3 is 9.47 Å². The van der Waals surface area contributed by atoms with Crippen molar-refractivity contribution < 1.29 is 18.3 Å². The van der Waals surface area contributed by atoms with Gasteiger partial charge in [0, 0.05) is 29.9 Å². The molecule has 34 heavy (non-hydrogen) atoms. The molecule has 2 heterocycles. The predicted octanol–water partition coefficient (Wildman–Crippen LogP) is 4.07. The average molecular weight is 486 g/mol. The summed E-state index contributed by atoms with van der Waals surface area (Å²) in [5.74, 6) is -1.50. The Balaban J connectivity index is 1.56. The van der Waals surface area contributed by atoms with Gasteiger partial charge in [-0.15, -0.1) is 11.3 Å². The quantitative estimate of drug-likeness (QED) is 0.376. The molecule has 176 valence electrons. The Labute approximate surface area is 197 Å². The fourth-order valence-electron chi connectivity index (χ4n) is 3.35. The molecular weight excluding hydrogens is 464 g/mol. The molecule has 2 aromatic heterocycles. The molecule has 4 aromatic rings. The molecule has 0 aliphatic carbocycles.